The lowest BCUT2D eigenvalue weighted by molar-refractivity contribution is 0.449. The van der Waals surface area contributed by atoms with Gasteiger partial charge in [0.2, 0.25) is 0 Å². The molecule has 0 aliphatic heterocycles. The SMILES string of the molecule is CCCC(CC)n1cccc1. The summed E-state index contributed by atoms with van der Waals surface area (Å²) in [6.07, 6.45) is 8.12. The average molecular weight is 151 g/mol. The Morgan fingerprint density at radius 2 is 1.82 bits per heavy atom. The van der Waals surface area contributed by atoms with Crippen LogP contribution in [0.2, 0.25) is 0 Å². The Kier molecular flexibility index (Phi) is 3.21. The van der Waals surface area contributed by atoms with Crippen molar-refractivity contribution < 1.29 is 0 Å². The minimum absolute atomic E-state index is 0.718. The van der Waals surface area contributed by atoms with Crippen LogP contribution < -0.4 is 0 Å². The Balaban J connectivity index is 2.56. The van der Waals surface area contributed by atoms with E-state index in [4.69, 9.17) is 0 Å². The van der Waals surface area contributed by atoms with Gasteiger partial charge in [0.25, 0.3) is 0 Å². The molecule has 1 heteroatoms. The first kappa shape index (κ1) is 8.38. The predicted molar refractivity (Wildman–Crippen MR) is 48.7 cm³/mol. The highest BCUT2D eigenvalue weighted by atomic mass is 15.0. The van der Waals surface area contributed by atoms with Crippen LogP contribution >= 0.6 is 0 Å². The van der Waals surface area contributed by atoms with Gasteiger partial charge in [-0.15, -0.1) is 0 Å². The summed E-state index contributed by atoms with van der Waals surface area (Å²) in [6.45, 7) is 4.49. The van der Waals surface area contributed by atoms with Crippen molar-refractivity contribution in [2.75, 3.05) is 0 Å². The number of aromatic nitrogens is 1. The Morgan fingerprint density at radius 3 is 2.27 bits per heavy atom. The van der Waals surface area contributed by atoms with E-state index in [-0.39, 0.29) is 0 Å². The van der Waals surface area contributed by atoms with E-state index in [1.807, 2.05) is 0 Å². The monoisotopic (exact) mass is 151 g/mol. The molecule has 0 aliphatic carbocycles. The summed E-state index contributed by atoms with van der Waals surface area (Å²) in [5, 5.41) is 0. The smallest absolute Gasteiger partial charge is 0.0327 e. The Morgan fingerprint density at radius 1 is 1.18 bits per heavy atom. The fraction of sp³-hybridized carbons (Fsp3) is 0.600. The lowest BCUT2D eigenvalue weighted by Gasteiger charge is -2.15. The summed E-state index contributed by atoms with van der Waals surface area (Å²) in [6, 6.07) is 4.91. The molecular formula is C10H17N. The van der Waals surface area contributed by atoms with Crippen LogP contribution in [-0.4, -0.2) is 4.57 Å². The molecule has 1 aromatic heterocycles. The van der Waals surface area contributed by atoms with Crippen LogP contribution in [-0.2, 0) is 0 Å². The lowest BCUT2D eigenvalue weighted by Crippen LogP contribution is -2.04. The summed E-state index contributed by atoms with van der Waals surface area (Å²) in [7, 11) is 0. The van der Waals surface area contributed by atoms with E-state index >= 15 is 0 Å². The molecular weight excluding hydrogens is 134 g/mol. The molecule has 0 amide bonds. The minimum atomic E-state index is 0.718. The highest BCUT2D eigenvalue weighted by molar-refractivity contribution is 4.92. The van der Waals surface area contributed by atoms with Gasteiger partial charge >= 0.3 is 0 Å². The third-order valence-corrected chi connectivity index (χ3v) is 2.14. The summed E-state index contributed by atoms with van der Waals surface area (Å²) < 4.78 is 2.31. The van der Waals surface area contributed by atoms with Gasteiger partial charge in [-0.05, 0) is 25.0 Å². The molecule has 0 aromatic carbocycles. The third-order valence-electron chi connectivity index (χ3n) is 2.14. The van der Waals surface area contributed by atoms with E-state index in [1.54, 1.807) is 0 Å². The van der Waals surface area contributed by atoms with Crippen LogP contribution in [0.15, 0.2) is 24.5 Å². The molecule has 62 valence electrons. The van der Waals surface area contributed by atoms with Crippen molar-refractivity contribution in [3.63, 3.8) is 0 Å². The first-order valence-electron chi connectivity index (χ1n) is 4.51. The quantitative estimate of drug-likeness (QED) is 0.622. The second-order valence-corrected chi connectivity index (χ2v) is 2.98. The fourth-order valence-corrected chi connectivity index (χ4v) is 1.49. The second kappa shape index (κ2) is 4.22. The molecule has 0 saturated heterocycles. The van der Waals surface area contributed by atoms with Crippen LogP contribution in [0.3, 0.4) is 0 Å². The maximum atomic E-state index is 2.31. The maximum absolute atomic E-state index is 2.31. The van der Waals surface area contributed by atoms with E-state index in [9.17, 15) is 0 Å². The van der Waals surface area contributed by atoms with Crippen molar-refractivity contribution in [2.24, 2.45) is 0 Å². The molecule has 11 heavy (non-hydrogen) atoms. The molecule has 0 saturated carbocycles. The van der Waals surface area contributed by atoms with Crippen LogP contribution in [0.1, 0.15) is 39.2 Å². The zero-order chi connectivity index (χ0) is 8.10. The molecule has 0 radical (unpaired) electrons. The average Bonchev–Trinajstić information content (AvgIpc) is 2.52. The third kappa shape index (κ3) is 2.11. The molecule has 0 fully saturated rings. The maximum Gasteiger partial charge on any atom is 0.0327 e. The number of rotatable bonds is 4. The van der Waals surface area contributed by atoms with E-state index in [1.165, 1.54) is 19.3 Å². The van der Waals surface area contributed by atoms with Crippen molar-refractivity contribution in [2.45, 2.75) is 39.2 Å². The normalized spacial score (nSPS) is 13.3. The van der Waals surface area contributed by atoms with Gasteiger partial charge in [0, 0.05) is 18.4 Å². The molecule has 0 spiro atoms. The van der Waals surface area contributed by atoms with Crippen LogP contribution in [0.5, 0.6) is 0 Å². The minimum Gasteiger partial charge on any atom is -0.351 e. The van der Waals surface area contributed by atoms with Gasteiger partial charge in [-0.2, -0.15) is 0 Å². The highest BCUT2D eigenvalue weighted by Gasteiger charge is 2.03. The van der Waals surface area contributed by atoms with Gasteiger partial charge in [0.05, 0.1) is 0 Å². The van der Waals surface area contributed by atoms with Gasteiger partial charge in [-0.25, -0.2) is 0 Å². The molecule has 0 aliphatic rings. The van der Waals surface area contributed by atoms with Crippen LogP contribution in [0.4, 0.5) is 0 Å². The topological polar surface area (TPSA) is 4.93 Å². The molecule has 0 bridgehead atoms. The zero-order valence-corrected chi connectivity index (χ0v) is 7.46. The van der Waals surface area contributed by atoms with Crippen molar-refractivity contribution in [3.05, 3.63) is 24.5 Å². The first-order valence-corrected chi connectivity index (χ1v) is 4.51. The summed E-state index contributed by atoms with van der Waals surface area (Å²) >= 11 is 0. The Hall–Kier alpha value is -0.720. The summed E-state index contributed by atoms with van der Waals surface area (Å²) in [5.41, 5.74) is 0. The predicted octanol–water partition coefficient (Wildman–Crippen LogP) is 3.24. The largest absolute Gasteiger partial charge is 0.351 e. The van der Waals surface area contributed by atoms with Crippen molar-refractivity contribution >= 4 is 0 Å². The van der Waals surface area contributed by atoms with Gasteiger partial charge < -0.3 is 4.57 Å². The molecule has 1 aromatic rings. The van der Waals surface area contributed by atoms with E-state index in [0.29, 0.717) is 0 Å². The van der Waals surface area contributed by atoms with Crippen molar-refractivity contribution in [3.8, 4) is 0 Å². The molecule has 1 nitrogen and oxygen atoms in total. The van der Waals surface area contributed by atoms with Crippen molar-refractivity contribution in [1.29, 1.82) is 0 Å². The molecule has 1 rings (SSSR count). The van der Waals surface area contributed by atoms with E-state index in [2.05, 4.69) is 42.9 Å². The molecule has 1 heterocycles. The molecule has 1 unspecified atom stereocenters. The summed E-state index contributed by atoms with van der Waals surface area (Å²) in [4.78, 5) is 0. The lowest BCUT2D eigenvalue weighted by atomic mass is 10.1. The highest BCUT2D eigenvalue weighted by Crippen LogP contribution is 2.16. The van der Waals surface area contributed by atoms with Gasteiger partial charge in [0.15, 0.2) is 0 Å². The van der Waals surface area contributed by atoms with E-state index < -0.39 is 0 Å². The van der Waals surface area contributed by atoms with Crippen molar-refractivity contribution in [1.82, 2.24) is 4.57 Å². The Bertz CT molecular complexity index is 177. The van der Waals surface area contributed by atoms with Crippen LogP contribution in [0, 0.1) is 0 Å². The van der Waals surface area contributed by atoms with Crippen LogP contribution in [0.25, 0.3) is 0 Å². The number of hydrogen-bond donors (Lipinski definition) is 0. The van der Waals surface area contributed by atoms with Gasteiger partial charge in [-0.1, -0.05) is 20.3 Å². The number of nitrogens with zero attached hydrogens (tertiary/aromatic N) is 1. The van der Waals surface area contributed by atoms with Gasteiger partial charge in [-0.3, -0.25) is 0 Å². The first-order chi connectivity index (χ1) is 5.38. The van der Waals surface area contributed by atoms with Gasteiger partial charge in [0.1, 0.15) is 0 Å². The summed E-state index contributed by atoms with van der Waals surface area (Å²) in [5.74, 6) is 0. The Labute approximate surface area is 69.0 Å². The van der Waals surface area contributed by atoms with E-state index in [0.717, 1.165) is 6.04 Å². The molecule has 1 atom stereocenters. The zero-order valence-electron chi connectivity index (χ0n) is 7.46. The second-order valence-electron chi connectivity index (χ2n) is 2.98. The molecule has 0 N–H and O–H groups in total. The number of hydrogen-bond acceptors (Lipinski definition) is 0. The standard InChI is InChI=1S/C10H17N/c1-3-7-10(4-2)11-8-5-6-9-11/h5-6,8-10H,3-4,7H2,1-2H3. The fourth-order valence-electron chi connectivity index (χ4n) is 1.49.